The van der Waals surface area contributed by atoms with Crippen LogP contribution < -0.4 is 5.32 Å². The Morgan fingerprint density at radius 2 is 1.50 bits per heavy atom. The van der Waals surface area contributed by atoms with E-state index in [0.717, 1.165) is 24.0 Å². The molecular weight excluding hydrogens is 376 g/mol. The fourth-order valence-corrected chi connectivity index (χ4v) is 3.31. The molecule has 0 spiro atoms. The van der Waals surface area contributed by atoms with Crippen molar-refractivity contribution >= 4 is 23.2 Å². The number of benzene rings is 2. The average molecular weight is 409 g/mol. The van der Waals surface area contributed by atoms with Crippen LogP contribution in [0.3, 0.4) is 0 Å². The Balaban J connectivity index is 1.93. The number of unbranched alkanes of at least 4 members (excludes halogenated alkanes) is 7. The predicted molar refractivity (Wildman–Crippen MR) is 123 cm³/mol. The lowest BCUT2D eigenvalue weighted by molar-refractivity contribution is -0.384. The van der Waals surface area contributed by atoms with Crippen LogP contribution in [-0.4, -0.2) is 17.4 Å². The van der Waals surface area contributed by atoms with Gasteiger partial charge in [-0.1, -0.05) is 82.2 Å². The molecule has 0 bridgehead atoms. The van der Waals surface area contributed by atoms with E-state index in [9.17, 15) is 14.9 Å². The number of amides is 1. The lowest BCUT2D eigenvalue weighted by Gasteiger charge is -2.10. The largest absolute Gasteiger partial charge is 0.352 e. The maximum atomic E-state index is 12.8. The number of nitro groups is 1. The van der Waals surface area contributed by atoms with Crippen LogP contribution in [0, 0.1) is 10.1 Å². The Morgan fingerprint density at radius 1 is 0.900 bits per heavy atom. The van der Waals surface area contributed by atoms with Gasteiger partial charge in [0.2, 0.25) is 0 Å². The summed E-state index contributed by atoms with van der Waals surface area (Å²) in [7, 11) is 0. The van der Waals surface area contributed by atoms with Crippen molar-refractivity contribution in [2.24, 2.45) is 0 Å². The molecule has 0 aliphatic heterocycles. The van der Waals surface area contributed by atoms with Crippen molar-refractivity contribution in [3.8, 4) is 0 Å². The van der Waals surface area contributed by atoms with E-state index in [0.29, 0.717) is 12.1 Å². The molecule has 0 fully saturated rings. The van der Waals surface area contributed by atoms with Gasteiger partial charge in [0.15, 0.2) is 0 Å². The van der Waals surface area contributed by atoms with Gasteiger partial charge in [-0.15, -0.1) is 0 Å². The molecule has 0 saturated heterocycles. The molecular formula is C25H32N2O3. The first-order valence-electron chi connectivity index (χ1n) is 10.9. The second-order valence-electron chi connectivity index (χ2n) is 7.50. The van der Waals surface area contributed by atoms with Gasteiger partial charge >= 0.3 is 0 Å². The number of nitrogens with one attached hydrogen (secondary N) is 1. The van der Waals surface area contributed by atoms with Gasteiger partial charge in [-0.25, -0.2) is 0 Å². The van der Waals surface area contributed by atoms with Crippen LogP contribution in [0.2, 0.25) is 0 Å². The molecule has 2 rings (SSSR count). The fourth-order valence-electron chi connectivity index (χ4n) is 3.31. The van der Waals surface area contributed by atoms with Gasteiger partial charge in [0.05, 0.1) is 4.92 Å². The van der Waals surface area contributed by atoms with E-state index in [2.05, 4.69) is 12.2 Å². The molecule has 0 atom stereocenters. The fraction of sp³-hybridized carbons (Fsp3) is 0.400. The zero-order chi connectivity index (χ0) is 21.6. The summed E-state index contributed by atoms with van der Waals surface area (Å²) in [5.74, 6) is -0.123. The highest BCUT2D eigenvalue weighted by molar-refractivity contribution is 6.24. The van der Waals surface area contributed by atoms with Crippen LogP contribution in [0.15, 0.2) is 54.6 Å². The molecule has 1 amide bonds. The molecule has 5 nitrogen and oxygen atoms in total. The number of hydrogen-bond donors (Lipinski definition) is 1. The Hall–Kier alpha value is -2.95. The third-order valence-corrected chi connectivity index (χ3v) is 5.06. The second kappa shape index (κ2) is 13.3. The third kappa shape index (κ3) is 8.19. The summed E-state index contributed by atoms with van der Waals surface area (Å²) >= 11 is 0. The molecule has 0 aromatic heterocycles. The predicted octanol–water partition coefficient (Wildman–Crippen LogP) is 6.39. The number of nitro benzene ring substituents is 1. The number of nitrogens with zero attached hydrogens (tertiary/aromatic N) is 1. The summed E-state index contributed by atoms with van der Waals surface area (Å²) in [5, 5.41) is 13.9. The van der Waals surface area contributed by atoms with Gasteiger partial charge < -0.3 is 5.32 Å². The van der Waals surface area contributed by atoms with Crippen molar-refractivity contribution in [2.45, 2.75) is 58.3 Å². The van der Waals surface area contributed by atoms with Crippen molar-refractivity contribution in [1.82, 2.24) is 5.32 Å². The molecule has 2 aromatic carbocycles. The Morgan fingerprint density at radius 3 is 2.10 bits per heavy atom. The molecule has 5 heteroatoms. The van der Waals surface area contributed by atoms with Gasteiger partial charge in [0.1, 0.15) is 0 Å². The summed E-state index contributed by atoms with van der Waals surface area (Å²) in [5.41, 5.74) is 2.17. The van der Waals surface area contributed by atoms with Gasteiger partial charge in [-0.05, 0) is 35.8 Å². The van der Waals surface area contributed by atoms with E-state index in [-0.39, 0.29) is 11.6 Å². The van der Waals surface area contributed by atoms with Gasteiger partial charge in [0.25, 0.3) is 11.6 Å². The van der Waals surface area contributed by atoms with Crippen molar-refractivity contribution in [3.05, 3.63) is 75.8 Å². The smallest absolute Gasteiger partial charge is 0.269 e. The van der Waals surface area contributed by atoms with Gasteiger partial charge in [-0.2, -0.15) is 0 Å². The molecule has 0 aliphatic rings. The zero-order valence-corrected chi connectivity index (χ0v) is 17.8. The molecule has 0 aliphatic carbocycles. The molecule has 0 saturated carbocycles. The van der Waals surface area contributed by atoms with Crippen molar-refractivity contribution in [1.29, 1.82) is 0 Å². The lowest BCUT2D eigenvalue weighted by Crippen LogP contribution is -2.25. The number of carbonyl (C=O) groups excluding carboxylic acids is 1. The van der Waals surface area contributed by atoms with E-state index < -0.39 is 4.92 Å². The summed E-state index contributed by atoms with van der Waals surface area (Å²) in [4.78, 5) is 23.3. The number of rotatable bonds is 13. The second-order valence-corrected chi connectivity index (χ2v) is 7.50. The van der Waals surface area contributed by atoms with Crippen LogP contribution in [0.4, 0.5) is 5.69 Å². The monoisotopic (exact) mass is 408 g/mol. The summed E-state index contributed by atoms with van der Waals surface area (Å²) in [6.45, 7) is 2.88. The highest BCUT2D eigenvalue weighted by Crippen LogP contribution is 2.20. The number of carbonyl (C=O) groups is 1. The number of hydrogen-bond acceptors (Lipinski definition) is 3. The van der Waals surface area contributed by atoms with E-state index >= 15 is 0 Å². The van der Waals surface area contributed by atoms with Gasteiger partial charge in [0, 0.05) is 24.3 Å². The Kier molecular flexibility index (Phi) is 10.3. The highest BCUT2D eigenvalue weighted by Gasteiger charge is 2.12. The maximum Gasteiger partial charge on any atom is 0.269 e. The molecule has 0 radical (unpaired) electrons. The first kappa shape index (κ1) is 23.3. The van der Waals surface area contributed by atoms with Crippen LogP contribution >= 0.6 is 0 Å². The quantitative estimate of drug-likeness (QED) is 0.137. The van der Waals surface area contributed by atoms with Crippen LogP contribution in [0.1, 0.15) is 69.4 Å². The van der Waals surface area contributed by atoms with Crippen LogP contribution in [0.25, 0.3) is 11.6 Å². The van der Waals surface area contributed by atoms with E-state index in [1.807, 2.05) is 30.3 Å². The highest BCUT2D eigenvalue weighted by atomic mass is 16.6. The molecule has 1 N–H and O–H groups in total. The molecule has 160 valence electrons. The summed E-state index contributed by atoms with van der Waals surface area (Å²) in [6.07, 6.45) is 11.6. The molecule has 0 unspecified atom stereocenters. The normalized spacial score (nSPS) is 11.3. The van der Waals surface area contributed by atoms with Crippen LogP contribution in [-0.2, 0) is 4.79 Å². The SMILES string of the molecule is CCCCCCCCCCNC(=O)/C(=C/c1ccc([N+](=O)[O-])cc1)c1ccccc1. The first-order chi connectivity index (χ1) is 14.6. The average Bonchev–Trinajstić information content (AvgIpc) is 2.77. The maximum absolute atomic E-state index is 12.8. The summed E-state index contributed by atoms with van der Waals surface area (Å²) < 4.78 is 0. The first-order valence-corrected chi connectivity index (χ1v) is 10.9. The van der Waals surface area contributed by atoms with Crippen molar-refractivity contribution in [2.75, 3.05) is 6.54 Å². The minimum atomic E-state index is -0.428. The number of non-ortho nitro benzene ring substituents is 1. The zero-order valence-electron chi connectivity index (χ0n) is 17.8. The minimum Gasteiger partial charge on any atom is -0.352 e. The Bertz CT molecular complexity index is 814. The lowest BCUT2D eigenvalue weighted by atomic mass is 10.0. The van der Waals surface area contributed by atoms with Crippen molar-refractivity contribution in [3.63, 3.8) is 0 Å². The molecule has 2 aromatic rings. The van der Waals surface area contributed by atoms with E-state index in [1.54, 1.807) is 18.2 Å². The summed E-state index contributed by atoms with van der Waals surface area (Å²) in [6, 6.07) is 15.7. The Labute approximate surface area is 179 Å². The van der Waals surface area contributed by atoms with E-state index in [1.165, 1.54) is 50.7 Å². The standard InChI is InChI=1S/C25H32N2O3/c1-2-3-4-5-6-7-8-12-19-26-25(28)24(22-13-10-9-11-14-22)20-21-15-17-23(18-16-21)27(29)30/h9-11,13-18,20H,2-8,12,19H2,1H3,(H,26,28)/b24-20+. The van der Waals surface area contributed by atoms with E-state index in [4.69, 9.17) is 0 Å². The minimum absolute atomic E-state index is 0.0348. The third-order valence-electron chi connectivity index (χ3n) is 5.06. The van der Waals surface area contributed by atoms with Crippen LogP contribution in [0.5, 0.6) is 0 Å². The topological polar surface area (TPSA) is 72.2 Å². The van der Waals surface area contributed by atoms with Gasteiger partial charge in [-0.3, -0.25) is 14.9 Å². The molecule has 30 heavy (non-hydrogen) atoms. The van der Waals surface area contributed by atoms with Crippen molar-refractivity contribution < 1.29 is 9.72 Å². The molecule has 0 heterocycles.